The predicted octanol–water partition coefficient (Wildman–Crippen LogP) is 2.42. The van der Waals surface area contributed by atoms with Gasteiger partial charge in [0.05, 0.1) is 6.61 Å². The first-order chi connectivity index (χ1) is 9.60. The van der Waals surface area contributed by atoms with E-state index in [-0.39, 0.29) is 19.0 Å². The Morgan fingerprint density at radius 2 is 2.10 bits per heavy atom. The molecule has 0 aliphatic rings. The molecule has 0 bridgehead atoms. The Labute approximate surface area is 117 Å². The van der Waals surface area contributed by atoms with Crippen molar-refractivity contribution in [3.05, 3.63) is 64.6 Å². The molecule has 6 nitrogen and oxygen atoms in total. The third kappa shape index (κ3) is 4.33. The van der Waals surface area contributed by atoms with E-state index in [1.807, 2.05) is 36.4 Å². The van der Waals surface area contributed by atoms with Crippen LogP contribution < -0.4 is 0 Å². The lowest BCUT2D eigenvalue weighted by molar-refractivity contribution is -0.392. The quantitative estimate of drug-likeness (QED) is 0.686. The van der Waals surface area contributed by atoms with Gasteiger partial charge in [-0.3, -0.25) is 0 Å². The van der Waals surface area contributed by atoms with Gasteiger partial charge in [0.25, 0.3) is 0 Å². The second kappa shape index (κ2) is 7.85. The van der Waals surface area contributed by atoms with Gasteiger partial charge in [0.2, 0.25) is 0 Å². The van der Waals surface area contributed by atoms with E-state index in [9.17, 15) is 10.1 Å². The molecule has 0 saturated carbocycles. The van der Waals surface area contributed by atoms with Gasteiger partial charge in [-0.05, 0) is 10.5 Å². The van der Waals surface area contributed by atoms with Crippen LogP contribution in [0.1, 0.15) is 11.4 Å². The van der Waals surface area contributed by atoms with Gasteiger partial charge in [-0.2, -0.15) is 0 Å². The van der Waals surface area contributed by atoms with E-state index < -0.39 is 4.92 Å². The third-order valence-electron chi connectivity index (χ3n) is 2.58. The molecule has 0 amide bonds. The number of aryl methyl sites for hydroxylation is 1. The maximum atomic E-state index is 10.4. The van der Waals surface area contributed by atoms with E-state index in [0.29, 0.717) is 5.82 Å². The Morgan fingerprint density at radius 3 is 2.55 bits per heavy atom. The number of nitrogens with zero attached hydrogens (tertiary/aromatic N) is 3. The molecule has 106 valence electrons. The fraction of sp³-hybridized carbons (Fsp3) is 0.214. The fourth-order valence-corrected chi connectivity index (χ4v) is 1.57. The number of rotatable bonds is 4. The highest BCUT2D eigenvalue weighted by molar-refractivity contribution is 5.45. The van der Waals surface area contributed by atoms with Crippen molar-refractivity contribution in [2.75, 3.05) is 6.61 Å². The van der Waals surface area contributed by atoms with Gasteiger partial charge in [0.15, 0.2) is 5.82 Å². The van der Waals surface area contributed by atoms with E-state index in [1.165, 1.54) is 16.3 Å². The molecule has 2 rings (SSSR count). The van der Waals surface area contributed by atoms with Crippen LogP contribution in [0.25, 0.3) is 6.08 Å². The first kappa shape index (κ1) is 15.6. The number of hydrogen-bond acceptors (Lipinski definition) is 4. The van der Waals surface area contributed by atoms with Crippen molar-refractivity contribution in [2.24, 2.45) is 0 Å². The maximum Gasteiger partial charge on any atom is 0.342 e. The molecule has 0 aliphatic carbocycles. The van der Waals surface area contributed by atoms with Crippen molar-refractivity contribution in [2.45, 2.75) is 13.5 Å². The molecule has 1 aromatic carbocycles. The number of nitro groups is 1. The summed E-state index contributed by atoms with van der Waals surface area (Å²) in [4.78, 5) is 13.6. The van der Waals surface area contributed by atoms with E-state index in [0.717, 1.165) is 0 Å². The molecule has 0 atom stereocenters. The largest absolute Gasteiger partial charge is 0.392 e. The molecule has 20 heavy (non-hydrogen) atoms. The molecule has 1 N–H and O–H groups in total. The first-order valence-corrected chi connectivity index (χ1v) is 6.05. The highest BCUT2D eigenvalue weighted by atomic mass is 16.6. The molecular formula is C14H17N3O3. The molecule has 0 aliphatic heterocycles. The zero-order valence-electron chi connectivity index (χ0n) is 11.3. The third-order valence-corrected chi connectivity index (χ3v) is 2.58. The van der Waals surface area contributed by atoms with Crippen molar-refractivity contribution in [3.63, 3.8) is 0 Å². The standard InChI is InChI=1S/C8H8.C6H9N3O3/c1-2-8-6-4-3-5-7-8;1-5-7-4-6(9(11)12)8(5)2-3-10/h2-7H,1H2;4,10H,2-3H2,1H3. The van der Waals surface area contributed by atoms with Gasteiger partial charge >= 0.3 is 5.82 Å². The Kier molecular flexibility index (Phi) is 6.12. The summed E-state index contributed by atoms with van der Waals surface area (Å²) in [6, 6.07) is 10.0. The second-order valence-corrected chi connectivity index (χ2v) is 3.91. The van der Waals surface area contributed by atoms with E-state index in [2.05, 4.69) is 11.6 Å². The molecule has 1 aromatic heterocycles. The predicted molar refractivity (Wildman–Crippen MR) is 77.2 cm³/mol. The summed E-state index contributed by atoms with van der Waals surface area (Å²) in [5.41, 5.74) is 1.17. The summed E-state index contributed by atoms with van der Waals surface area (Å²) >= 11 is 0. The van der Waals surface area contributed by atoms with E-state index >= 15 is 0 Å². The van der Waals surface area contributed by atoms with Crippen molar-refractivity contribution in [1.29, 1.82) is 0 Å². The minimum atomic E-state index is -0.518. The van der Waals surface area contributed by atoms with Crippen molar-refractivity contribution in [3.8, 4) is 0 Å². The fourth-order valence-electron chi connectivity index (χ4n) is 1.57. The minimum Gasteiger partial charge on any atom is -0.392 e. The van der Waals surface area contributed by atoms with E-state index in [4.69, 9.17) is 5.11 Å². The number of hydrogen-bond donors (Lipinski definition) is 1. The van der Waals surface area contributed by atoms with Gasteiger partial charge in [0.1, 0.15) is 12.7 Å². The highest BCUT2D eigenvalue weighted by Crippen LogP contribution is 2.12. The number of aliphatic hydroxyl groups is 1. The summed E-state index contributed by atoms with van der Waals surface area (Å²) in [6.45, 7) is 5.37. The summed E-state index contributed by atoms with van der Waals surface area (Å²) < 4.78 is 1.36. The topological polar surface area (TPSA) is 81.2 Å². The number of aliphatic hydroxyl groups excluding tert-OH is 1. The highest BCUT2D eigenvalue weighted by Gasteiger charge is 2.15. The Morgan fingerprint density at radius 1 is 1.45 bits per heavy atom. The van der Waals surface area contributed by atoms with Crippen molar-refractivity contribution >= 4 is 11.9 Å². The Hall–Kier alpha value is -2.47. The van der Waals surface area contributed by atoms with Crippen LogP contribution in [0.2, 0.25) is 0 Å². The lowest BCUT2D eigenvalue weighted by Crippen LogP contribution is -2.07. The lowest BCUT2D eigenvalue weighted by atomic mass is 10.2. The number of aromatic nitrogens is 2. The Balaban J connectivity index is 0.000000217. The Bertz CT molecular complexity index is 564. The lowest BCUT2D eigenvalue weighted by Gasteiger charge is -1.98. The summed E-state index contributed by atoms with van der Waals surface area (Å²) in [6.07, 6.45) is 3.02. The van der Waals surface area contributed by atoms with Crippen LogP contribution in [0.4, 0.5) is 5.82 Å². The van der Waals surface area contributed by atoms with Gasteiger partial charge in [-0.15, -0.1) is 0 Å². The smallest absolute Gasteiger partial charge is 0.342 e. The molecule has 2 aromatic rings. The molecule has 0 spiro atoms. The summed E-state index contributed by atoms with van der Waals surface area (Å²) in [7, 11) is 0. The van der Waals surface area contributed by atoms with Gasteiger partial charge in [-0.25, -0.2) is 9.55 Å². The monoisotopic (exact) mass is 275 g/mol. The summed E-state index contributed by atoms with van der Waals surface area (Å²) in [5, 5.41) is 19.0. The van der Waals surface area contributed by atoms with Crippen LogP contribution in [-0.4, -0.2) is 26.2 Å². The van der Waals surface area contributed by atoms with Crippen LogP contribution in [0.5, 0.6) is 0 Å². The minimum absolute atomic E-state index is 0.0819. The van der Waals surface area contributed by atoms with Crippen LogP contribution in [-0.2, 0) is 6.54 Å². The van der Waals surface area contributed by atoms with E-state index in [1.54, 1.807) is 6.92 Å². The SMILES string of the molecule is C=Cc1ccccc1.Cc1ncc([N+](=O)[O-])n1CCO. The zero-order chi connectivity index (χ0) is 15.0. The number of benzene rings is 1. The molecule has 0 unspecified atom stereocenters. The first-order valence-electron chi connectivity index (χ1n) is 6.05. The molecule has 0 saturated heterocycles. The van der Waals surface area contributed by atoms with Gasteiger partial charge in [-0.1, -0.05) is 43.0 Å². The van der Waals surface area contributed by atoms with Crippen LogP contribution in [0.3, 0.4) is 0 Å². The number of imidazole rings is 1. The average Bonchev–Trinajstić information content (AvgIpc) is 2.83. The van der Waals surface area contributed by atoms with Crippen LogP contribution in [0, 0.1) is 17.0 Å². The molecule has 6 heteroatoms. The average molecular weight is 275 g/mol. The molecule has 0 fully saturated rings. The zero-order valence-corrected chi connectivity index (χ0v) is 11.3. The van der Waals surface area contributed by atoms with Crippen LogP contribution in [0.15, 0.2) is 43.1 Å². The normalized spacial score (nSPS) is 9.50. The molecular weight excluding hydrogens is 258 g/mol. The summed E-state index contributed by atoms with van der Waals surface area (Å²) in [5.74, 6) is 0.456. The maximum absolute atomic E-state index is 10.4. The van der Waals surface area contributed by atoms with Crippen molar-refractivity contribution < 1.29 is 10.0 Å². The van der Waals surface area contributed by atoms with Crippen LogP contribution >= 0.6 is 0 Å². The second-order valence-electron chi connectivity index (χ2n) is 3.91. The molecule has 0 radical (unpaired) electrons. The molecule has 1 heterocycles. The van der Waals surface area contributed by atoms with Gasteiger partial charge < -0.3 is 15.2 Å². The van der Waals surface area contributed by atoms with Crippen molar-refractivity contribution in [1.82, 2.24) is 9.55 Å². The van der Waals surface area contributed by atoms with Gasteiger partial charge in [0, 0.05) is 6.92 Å².